The van der Waals surface area contributed by atoms with Crippen LogP contribution in [0.3, 0.4) is 0 Å². The van der Waals surface area contributed by atoms with E-state index in [0.717, 1.165) is 23.4 Å². The Kier molecular flexibility index (Phi) is 7.72. The van der Waals surface area contributed by atoms with Crippen molar-refractivity contribution in [1.29, 1.82) is 0 Å². The molecule has 1 aliphatic heterocycles. The molecule has 6 nitrogen and oxygen atoms in total. The Morgan fingerprint density at radius 2 is 1.64 bits per heavy atom. The van der Waals surface area contributed by atoms with Crippen LogP contribution in [0.2, 0.25) is 0 Å². The highest BCUT2D eigenvalue weighted by atomic mass is 35.5. The molecule has 3 rings (SSSR count). The minimum absolute atomic E-state index is 0. The average molecular weight is 402 g/mol. The van der Waals surface area contributed by atoms with E-state index in [4.69, 9.17) is 0 Å². The van der Waals surface area contributed by atoms with Crippen molar-refractivity contribution < 1.29 is 14.4 Å². The zero-order valence-corrected chi connectivity index (χ0v) is 16.6. The highest BCUT2D eigenvalue weighted by Gasteiger charge is 2.28. The fraction of sp³-hybridized carbons (Fsp3) is 0.286. The zero-order valence-electron chi connectivity index (χ0n) is 15.7. The van der Waals surface area contributed by atoms with E-state index in [0.29, 0.717) is 12.1 Å². The second-order valence-corrected chi connectivity index (χ2v) is 6.46. The van der Waals surface area contributed by atoms with E-state index in [2.05, 4.69) is 10.6 Å². The third kappa shape index (κ3) is 5.18. The molecule has 1 aliphatic rings. The third-order valence-electron chi connectivity index (χ3n) is 4.54. The molecule has 3 amide bonds. The number of nitrogens with zero attached hydrogens (tertiary/aromatic N) is 1. The molecule has 0 aliphatic carbocycles. The lowest BCUT2D eigenvalue weighted by atomic mass is 10.1. The first kappa shape index (κ1) is 21.6. The van der Waals surface area contributed by atoms with Crippen LogP contribution in [0.1, 0.15) is 41.3 Å². The second kappa shape index (κ2) is 10.0. The molecule has 2 N–H and O–H groups in total. The number of rotatable bonds is 7. The van der Waals surface area contributed by atoms with Crippen LogP contribution in [0, 0.1) is 0 Å². The van der Waals surface area contributed by atoms with Gasteiger partial charge >= 0.3 is 0 Å². The molecule has 0 saturated carbocycles. The summed E-state index contributed by atoms with van der Waals surface area (Å²) >= 11 is 0. The Labute approximate surface area is 170 Å². The monoisotopic (exact) mass is 401 g/mol. The predicted molar refractivity (Wildman–Crippen MR) is 110 cm³/mol. The summed E-state index contributed by atoms with van der Waals surface area (Å²) in [4.78, 5) is 37.2. The number of para-hydroxylation sites is 1. The molecular weight excluding hydrogens is 378 g/mol. The quantitative estimate of drug-likeness (QED) is 0.699. The van der Waals surface area contributed by atoms with Crippen LogP contribution in [0.25, 0.3) is 0 Å². The lowest BCUT2D eigenvalue weighted by Gasteiger charge is -2.14. The van der Waals surface area contributed by atoms with E-state index in [1.54, 1.807) is 24.3 Å². The first-order valence-electron chi connectivity index (χ1n) is 9.10. The summed E-state index contributed by atoms with van der Waals surface area (Å²) in [5.41, 5.74) is 3.15. The summed E-state index contributed by atoms with van der Waals surface area (Å²) in [6.07, 6.45) is 0.567. The van der Waals surface area contributed by atoms with Gasteiger partial charge in [0, 0.05) is 30.6 Å². The van der Waals surface area contributed by atoms with E-state index in [1.165, 1.54) is 4.90 Å². The van der Waals surface area contributed by atoms with E-state index in [-0.39, 0.29) is 49.5 Å². The van der Waals surface area contributed by atoms with Gasteiger partial charge in [-0.25, -0.2) is 0 Å². The summed E-state index contributed by atoms with van der Waals surface area (Å²) in [6.45, 7) is 3.83. The topological polar surface area (TPSA) is 78.5 Å². The maximum Gasteiger partial charge on any atom is 0.255 e. The minimum Gasteiger partial charge on any atom is -0.322 e. The first-order chi connectivity index (χ1) is 13.1. The maximum absolute atomic E-state index is 12.5. The number of anilines is 1. The van der Waals surface area contributed by atoms with Gasteiger partial charge in [0.2, 0.25) is 11.8 Å². The van der Waals surface area contributed by atoms with Crippen molar-refractivity contribution in [2.24, 2.45) is 0 Å². The van der Waals surface area contributed by atoms with Crippen molar-refractivity contribution >= 4 is 35.8 Å². The minimum atomic E-state index is -0.196. The van der Waals surface area contributed by atoms with E-state index >= 15 is 0 Å². The summed E-state index contributed by atoms with van der Waals surface area (Å²) < 4.78 is 0. The fourth-order valence-electron chi connectivity index (χ4n) is 2.99. The van der Waals surface area contributed by atoms with E-state index in [9.17, 15) is 14.4 Å². The number of imide groups is 1. The summed E-state index contributed by atoms with van der Waals surface area (Å²) in [5, 5.41) is 6.20. The van der Waals surface area contributed by atoms with Gasteiger partial charge in [-0.2, -0.15) is 0 Å². The van der Waals surface area contributed by atoms with E-state index < -0.39 is 0 Å². The largest absolute Gasteiger partial charge is 0.322 e. The van der Waals surface area contributed by atoms with Gasteiger partial charge in [-0.3, -0.25) is 19.3 Å². The van der Waals surface area contributed by atoms with Crippen molar-refractivity contribution in [3.8, 4) is 0 Å². The summed E-state index contributed by atoms with van der Waals surface area (Å²) in [5.74, 6) is -0.475. The first-order valence-corrected chi connectivity index (χ1v) is 9.10. The van der Waals surface area contributed by atoms with Crippen molar-refractivity contribution in [2.45, 2.75) is 32.9 Å². The molecule has 1 heterocycles. The van der Waals surface area contributed by atoms with Crippen LogP contribution < -0.4 is 10.6 Å². The van der Waals surface area contributed by atoms with Gasteiger partial charge in [-0.15, -0.1) is 12.4 Å². The molecule has 0 atom stereocenters. The van der Waals surface area contributed by atoms with Gasteiger partial charge in [-0.05, 0) is 35.9 Å². The highest BCUT2D eigenvalue weighted by molar-refractivity contribution is 6.04. The van der Waals surface area contributed by atoms with Gasteiger partial charge in [0.1, 0.15) is 0 Å². The number of hydrogen-bond acceptors (Lipinski definition) is 4. The zero-order chi connectivity index (χ0) is 19.2. The SMILES string of the molecule is CCNCc1ccccc1NC(=O)c1ccc(CN2C(=O)CCC2=O)cc1.Cl. The molecule has 28 heavy (non-hydrogen) atoms. The number of carbonyl (C=O) groups excluding carboxylic acids is 3. The van der Waals surface area contributed by atoms with E-state index in [1.807, 2.05) is 31.2 Å². The van der Waals surface area contributed by atoms with Gasteiger partial charge in [0.15, 0.2) is 0 Å². The maximum atomic E-state index is 12.5. The number of amides is 3. The van der Waals surface area contributed by atoms with Crippen LogP contribution in [0.4, 0.5) is 5.69 Å². The van der Waals surface area contributed by atoms with Crippen LogP contribution in [0.5, 0.6) is 0 Å². The van der Waals surface area contributed by atoms with Crippen LogP contribution in [-0.4, -0.2) is 29.2 Å². The number of carbonyl (C=O) groups is 3. The lowest BCUT2D eigenvalue weighted by Crippen LogP contribution is -2.28. The number of likely N-dealkylation sites (tertiary alicyclic amines) is 1. The molecule has 0 unspecified atom stereocenters. The Morgan fingerprint density at radius 3 is 2.29 bits per heavy atom. The molecule has 2 aromatic carbocycles. The van der Waals surface area contributed by atoms with Crippen molar-refractivity contribution in [3.63, 3.8) is 0 Å². The highest BCUT2D eigenvalue weighted by Crippen LogP contribution is 2.18. The summed E-state index contributed by atoms with van der Waals surface area (Å²) in [6, 6.07) is 14.7. The average Bonchev–Trinajstić information content (AvgIpc) is 3.00. The van der Waals surface area contributed by atoms with Crippen molar-refractivity contribution in [2.75, 3.05) is 11.9 Å². The molecule has 1 saturated heterocycles. The molecule has 7 heteroatoms. The molecule has 2 aromatic rings. The number of nitrogens with one attached hydrogen (secondary N) is 2. The summed E-state index contributed by atoms with van der Waals surface area (Å²) in [7, 11) is 0. The van der Waals surface area contributed by atoms with Gasteiger partial charge in [0.05, 0.1) is 6.54 Å². The Hall–Kier alpha value is -2.70. The molecule has 1 fully saturated rings. The standard InChI is InChI=1S/C21H23N3O3.ClH/c1-2-22-13-17-5-3-4-6-18(17)23-21(27)16-9-7-15(8-10-16)14-24-19(25)11-12-20(24)26;/h3-10,22H,2,11-14H2,1H3,(H,23,27);1H. The molecule has 0 aromatic heterocycles. The Balaban J connectivity index is 0.00000280. The van der Waals surface area contributed by atoms with Gasteiger partial charge < -0.3 is 10.6 Å². The van der Waals surface area contributed by atoms with Gasteiger partial charge in [-0.1, -0.05) is 37.3 Å². The van der Waals surface area contributed by atoms with Crippen molar-refractivity contribution in [3.05, 3.63) is 65.2 Å². The molecule has 0 radical (unpaired) electrons. The molecule has 148 valence electrons. The van der Waals surface area contributed by atoms with Crippen molar-refractivity contribution in [1.82, 2.24) is 10.2 Å². The molecule has 0 spiro atoms. The predicted octanol–water partition coefficient (Wildman–Crippen LogP) is 3.12. The second-order valence-electron chi connectivity index (χ2n) is 6.46. The third-order valence-corrected chi connectivity index (χ3v) is 4.54. The molecule has 0 bridgehead atoms. The molecular formula is C21H24ClN3O3. The van der Waals surface area contributed by atoms with Crippen LogP contribution >= 0.6 is 12.4 Å². The Morgan fingerprint density at radius 1 is 1.00 bits per heavy atom. The number of benzene rings is 2. The van der Waals surface area contributed by atoms with Crippen LogP contribution in [0.15, 0.2) is 48.5 Å². The van der Waals surface area contributed by atoms with Crippen LogP contribution in [-0.2, 0) is 22.7 Å². The van der Waals surface area contributed by atoms with Gasteiger partial charge in [0.25, 0.3) is 5.91 Å². The smallest absolute Gasteiger partial charge is 0.255 e. The Bertz CT molecular complexity index is 836. The lowest BCUT2D eigenvalue weighted by molar-refractivity contribution is -0.139. The number of halogens is 1. The fourth-order valence-corrected chi connectivity index (χ4v) is 2.99. The number of hydrogen-bond donors (Lipinski definition) is 2. The normalized spacial score (nSPS) is 13.4.